The van der Waals surface area contributed by atoms with Crippen molar-refractivity contribution in [2.75, 3.05) is 20.3 Å². The van der Waals surface area contributed by atoms with E-state index in [1.807, 2.05) is 6.92 Å². The van der Waals surface area contributed by atoms with Crippen molar-refractivity contribution >= 4 is 17.5 Å². The first-order valence-corrected chi connectivity index (χ1v) is 9.14. The molecule has 1 atom stereocenters. The summed E-state index contributed by atoms with van der Waals surface area (Å²) in [5, 5.41) is 0. The molecule has 0 fully saturated rings. The Hall–Kier alpha value is -3.35. The van der Waals surface area contributed by atoms with Gasteiger partial charge in [-0.3, -0.25) is 9.59 Å². The number of ketones is 2. The van der Waals surface area contributed by atoms with E-state index >= 15 is 0 Å². The second-order valence-electron chi connectivity index (χ2n) is 6.16. The number of ether oxygens (including phenoxy) is 4. The monoisotopic (exact) mass is 400 g/mol. The predicted octanol–water partition coefficient (Wildman–Crippen LogP) is 3.49. The molecular weight excluding hydrogens is 376 g/mol. The molecule has 154 valence electrons. The Morgan fingerprint density at radius 2 is 1.59 bits per heavy atom. The number of benzene rings is 2. The summed E-state index contributed by atoms with van der Waals surface area (Å²) in [6.45, 7) is 4.94. The van der Waals surface area contributed by atoms with Crippen molar-refractivity contribution in [1.82, 2.24) is 0 Å². The van der Waals surface area contributed by atoms with Gasteiger partial charge in [0.1, 0.15) is 5.75 Å². The Labute approximate surface area is 169 Å². The van der Waals surface area contributed by atoms with Gasteiger partial charge in [0.05, 0.1) is 13.7 Å². The SMILES string of the molecule is CCOc1ccc(C(=O)[C@H](C)OC(=O)COc2ccc(C(C)=O)cc2OC)cc1. The largest absolute Gasteiger partial charge is 0.494 e. The van der Waals surface area contributed by atoms with Gasteiger partial charge in [0.15, 0.2) is 30.0 Å². The smallest absolute Gasteiger partial charge is 0.344 e. The van der Waals surface area contributed by atoms with E-state index in [0.29, 0.717) is 35.0 Å². The zero-order valence-corrected chi connectivity index (χ0v) is 16.9. The average Bonchev–Trinajstić information content (AvgIpc) is 2.72. The van der Waals surface area contributed by atoms with Crippen LogP contribution in [0.3, 0.4) is 0 Å². The summed E-state index contributed by atoms with van der Waals surface area (Å²) in [5.74, 6) is 0.131. The molecule has 2 rings (SSSR count). The maximum Gasteiger partial charge on any atom is 0.344 e. The molecule has 0 spiro atoms. The van der Waals surface area contributed by atoms with Crippen molar-refractivity contribution in [2.45, 2.75) is 26.9 Å². The van der Waals surface area contributed by atoms with Gasteiger partial charge in [0, 0.05) is 11.1 Å². The van der Waals surface area contributed by atoms with Crippen LogP contribution < -0.4 is 14.2 Å². The minimum Gasteiger partial charge on any atom is -0.494 e. The molecule has 0 amide bonds. The number of hydrogen-bond donors (Lipinski definition) is 0. The van der Waals surface area contributed by atoms with E-state index in [2.05, 4.69) is 0 Å². The summed E-state index contributed by atoms with van der Waals surface area (Å²) in [4.78, 5) is 35.9. The number of carbonyl (C=O) groups excluding carboxylic acids is 3. The first-order valence-electron chi connectivity index (χ1n) is 9.14. The molecule has 0 aliphatic heterocycles. The molecule has 7 nitrogen and oxygen atoms in total. The maximum absolute atomic E-state index is 12.4. The van der Waals surface area contributed by atoms with E-state index in [4.69, 9.17) is 18.9 Å². The summed E-state index contributed by atoms with van der Waals surface area (Å²) >= 11 is 0. The first-order chi connectivity index (χ1) is 13.8. The van der Waals surface area contributed by atoms with Crippen LogP contribution in [0.1, 0.15) is 41.5 Å². The summed E-state index contributed by atoms with van der Waals surface area (Å²) in [7, 11) is 1.43. The van der Waals surface area contributed by atoms with Gasteiger partial charge in [-0.15, -0.1) is 0 Å². The van der Waals surface area contributed by atoms with Crippen LogP contribution in [0, 0.1) is 0 Å². The molecule has 2 aromatic rings. The Morgan fingerprint density at radius 3 is 2.17 bits per heavy atom. The lowest BCUT2D eigenvalue weighted by molar-refractivity contribution is -0.148. The van der Waals surface area contributed by atoms with E-state index in [0.717, 1.165) is 0 Å². The Kier molecular flexibility index (Phi) is 7.77. The summed E-state index contributed by atoms with van der Waals surface area (Å²) < 4.78 is 21.1. The summed E-state index contributed by atoms with van der Waals surface area (Å²) in [6.07, 6.45) is -0.967. The molecule has 0 aliphatic rings. The van der Waals surface area contributed by atoms with E-state index in [-0.39, 0.29) is 11.6 Å². The standard InChI is InChI=1S/C22H24O7/c1-5-27-18-9-6-16(7-10-18)22(25)15(3)29-21(24)13-28-19-11-8-17(14(2)23)12-20(19)26-4/h6-12,15H,5,13H2,1-4H3/t15-/m0/s1. The van der Waals surface area contributed by atoms with Gasteiger partial charge in [-0.25, -0.2) is 4.79 Å². The lowest BCUT2D eigenvalue weighted by Gasteiger charge is -2.14. The lowest BCUT2D eigenvalue weighted by Crippen LogP contribution is -2.27. The third-order valence-electron chi connectivity index (χ3n) is 4.04. The molecule has 0 radical (unpaired) electrons. The summed E-state index contributed by atoms with van der Waals surface area (Å²) in [6, 6.07) is 11.3. The number of Topliss-reactive ketones (excluding diaryl/α,β-unsaturated/α-hetero) is 2. The van der Waals surface area contributed by atoms with Crippen molar-refractivity contribution in [3.8, 4) is 17.2 Å². The fourth-order valence-electron chi connectivity index (χ4n) is 2.54. The van der Waals surface area contributed by atoms with E-state index in [1.54, 1.807) is 30.3 Å². The zero-order valence-electron chi connectivity index (χ0n) is 16.9. The number of carbonyl (C=O) groups is 3. The predicted molar refractivity (Wildman–Crippen MR) is 106 cm³/mol. The topological polar surface area (TPSA) is 88.1 Å². The van der Waals surface area contributed by atoms with Gasteiger partial charge < -0.3 is 18.9 Å². The molecule has 2 aromatic carbocycles. The molecular formula is C22H24O7. The third-order valence-corrected chi connectivity index (χ3v) is 4.04. The van der Waals surface area contributed by atoms with Gasteiger partial charge in [-0.05, 0) is 63.2 Å². The van der Waals surface area contributed by atoms with Gasteiger partial charge in [-0.2, -0.15) is 0 Å². The lowest BCUT2D eigenvalue weighted by atomic mass is 10.1. The van der Waals surface area contributed by atoms with Crippen LogP contribution in [0.15, 0.2) is 42.5 Å². The van der Waals surface area contributed by atoms with Crippen molar-refractivity contribution < 1.29 is 33.3 Å². The number of hydrogen-bond acceptors (Lipinski definition) is 7. The van der Waals surface area contributed by atoms with Crippen LogP contribution in [0.5, 0.6) is 17.2 Å². The molecule has 0 saturated carbocycles. The van der Waals surface area contributed by atoms with Crippen molar-refractivity contribution in [3.63, 3.8) is 0 Å². The van der Waals surface area contributed by atoms with Crippen LogP contribution in [-0.2, 0) is 9.53 Å². The average molecular weight is 400 g/mol. The van der Waals surface area contributed by atoms with Crippen LogP contribution >= 0.6 is 0 Å². The minimum atomic E-state index is -0.967. The number of methoxy groups -OCH3 is 1. The van der Waals surface area contributed by atoms with Crippen LogP contribution in [-0.4, -0.2) is 44.0 Å². The molecule has 0 heterocycles. The van der Waals surface area contributed by atoms with E-state index in [9.17, 15) is 14.4 Å². The highest BCUT2D eigenvalue weighted by atomic mass is 16.6. The Bertz CT molecular complexity index is 871. The van der Waals surface area contributed by atoms with Gasteiger partial charge in [-0.1, -0.05) is 0 Å². The molecule has 0 saturated heterocycles. The molecule has 29 heavy (non-hydrogen) atoms. The van der Waals surface area contributed by atoms with Crippen molar-refractivity contribution in [1.29, 1.82) is 0 Å². The fourth-order valence-corrected chi connectivity index (χ4v) is 2.54. The van der Waals surface area contributed by atoms with E-state index in [1.165, 1.54) is 33.1 Å². The van der Waals surface area contributed by atoms with Gasteiger partial charge in [0.25, 0.3) is 0 Å². The second-order valence-corrected chi connectivity index (χ2v) is 6.16. The summed E-state index contributed by atoms with van der Waals surface area (Å²) in [5.41, 5.74) is 0.877. The highest BCUT2D eigenvalue weighted by Gasteiger charge is 2.20. The number of esters is 1. The molecule has 0 aliphatic carbocycles. The molecule has 0 N–H and O–H groups in total. The van der Waals surface area contributed by atoms with Gasteiger partial charge in [0.2, 0.25) is 5.78 Å². The molecule has 0 aromatic heterocycles. The molecule has 0 unspecified atom stereocenters. The van der Waals surface area contributed by atoms with Gasteiger partial charge >= 0.3 is 5.97 Å². The highest BCUT2D eigenvalue weighted by Crippen LogP contribution is 2.28. The minimum absolute atomic E-state index is 0.115. The second kappa shape index (κ2) is 10.3. The van der Waals surface area contributed by atoms with Crippen LogP contribution in [0.25, 0.3) is 0 Å². The first kappa shape index (κ1) is 21.9. The Balaban J connectivity index is 1.93. The zero-order chi connectivity index (χ0) is 21.4. The van der Waals surface area contributed by atoms with Crippen molar-refractivity contribution in [3.05, 3.63) is 53.6 Å². The third kappa shape index (κ3) is 6.07. The molecule has 0 bridgehead atoms. The normalized spacial score (nSPS) is 11.3. The van der Waals surface area contributed by atoms with Crippen LogP contribution in [0.4, 0.5) is 0 Å². The quantitative estimate of drug-likeness (QED) is 0.445. The van der Waals surface area contributed by atoms with Crippen LogP contribution in [0.2, 0.25) is 0 Å². The van der Waals surface area contributed by atoms with Crippen molar-refractivity contribution in [2.24, 2.45) is 0 Å². The maximum atomic E-state index is 12.4. The molecule has 7 heteroatoms. The fraction of sp³-hybridized carbons (Fsp3) is 0.318. The number of rotatable bonds is 10. The highest BCUT2D eigenvalue weighted by molar-refractivity contribution is 6.00. The van der Waals surface area contributed by atoms with E-state index < -0.39 is 18.7 Å². The Morgan fingerprint density at radius 1 is 0.931 bits per heavy atom.